The van der Waals surface area contributed by atoms with Gasteiger partial charge in [-0.2, -0.15) is 0 Å². The fourth-order valence-electron chi connectivity index (χ4n) is 2.19. The maximum Gasteiger partial charge on any atom is 0.182 e. The van der Waals surface area contributed by atoms with Crippen molar-refractivity contribution in [2.45, 2.75) is 6.92 Å². The molecule has 3 aromatic rings. The van der Waals surface area contributed by atoms with Crippen molar-refractivity contribution in [3.63, 3.8) is 0 Å². The van der Waals surface area contributed by atoms with E-state index < -0.39 is 0 Å². The number of rotatable bonds is 1. The first kappa shape index (κ1) is 14.0. The lowest BCUT2D eigenvalue weighted by molar-refractivity contribution is 0.619. The van der Waals surface area contributed by atoms with Gasteiger partial charge in [-0.3, -0.25) is 4.57 Å². The van der Waals surface area contributed by atoms with Gasteiger partial charge in [0, 0.05) is 4.47 Å². The van der Waals surface area contributed by atoms with Gasteiger partial charge < -0.3 is 4.98 Å². The summed E-state index contributed by atoms with van der Waals surface area (Å²) in [6.45, 7) is 1.93. The van der Waals surface area contributed by atoms with Gasteiger partial charge in [0.2, 0.25) is 0 Å². The van der Waals surface area contributed by atoms with Crippen LogP contribution in [0.25, 0.3) is 16.7 Å². The van der Waals surface area contributed by atoms with Crippen LogP contribution in [0, 0.1) is 17.5 Å². The largest absolute Gasteiger partial charge is 0.330 e. The molecule has 102 valence electrons. The van der Waals surface area contributed by atoms with Crippen LogP contribution in [-0.4, -0.2) is 9.55 Å². The minimum atomic E-state index is -0.308. The highest BCUT2D eigenvalue weighted by atomic mass is 79.9. The summed E-state index contributed by atoms with van der Waals surface area (Å²) >= 11 is 12.0. The Morgan fingerprint density at radius 3 is 2.70 bits per heavy atom. The monoisotopic (exact) mass is 414 g/mol. The molecule has 6 heteroatoms. The van der Waals surface area contributed by atoms with E-state index in [1.165, 1.54) is 6.07 Å². The number of imidazole rings is 1. The van der Waals surface area contributed by atoms with Crippen LogP contribution < -0.4 is 0 Å². The Balaban J connectivity index is 2.40. The van der Waals surface area contributed by atoms with Crippen LogP contribution in [0.2, 0.25) is 0 Å². The highest BCUT2D eigenvalue weighted by molar-refractivity contribution is 9.10. The van der Waals surface area contributed by atoms with Gasteiger partial charge in [0.1, 0.15) is 5.82 Å². The zero-order valence-electron chi connectivity index (χ0n) is 10.4. The Hall–Kier alpha value is -0.980. The van der Waals surface area contributed by atoms with Crippen molar-refractivity contribution in [2.24, 2.45) is 0 Å². The lowest BCUT2D eigenvalue weighted by atomic mass is 10.2. The van der Waals surface area contributed by atoms with Crippen molar-refractivity contribution >= 4 is 55.1 Å². The third-order valence-corrected chi connectivity index (χ3v) is 4.51. The maximum absolute atomic E-state index is 13.8. The molecule has 0 saturated carbocycles. The SMILES string of the molecule is Cc1cc(Br)c(F)cc1-n1c(=S)[nH]c2ccc(Br)cc21. The van der Waals surface area contributed by atoms with Crippen LogP contribution in [0.1, 0.15) is 5.56 Å². The highest BCUT2D eigenvalue weighted by Gasteiger charge is 2.12. The average molecular weight is 416 g/mol. The minimum absolute atomic E-state index is 0.308. The Labute approximate surface area is 136 Å². The first-order chi connectivity index (χ1) is 9.47. The molecule has 1 N–H and O–H groups in total. The number of H-pyrrole nitrogens is 1. The van der Waals surface area contributed by atoms with E-state index in [1.54, 1.807) is 6.07 Å². The Kier molecular flexibility index (Phi) is 3.56. The van der Waals surface area contributed by atoms with Crippen molar-refractivity contribution in [2.75, 3.05) is 0 Å². The molecule has 3 rings (SSSR count). The molecule has 0 aliphatic carbocycles. The van der Waals surface area contributed by atoms with Crippen LogP contribution >= 0.6 is 44.1 Å². The summed E-state index contributed by atoms with van der Waals surface area (Å²) < 4.78 is 17.6. The number of aromatic amines is 1. The second-order valence-corrected chi connectivity index (χ2v) is 6.64. The van der Waals surface area contributed by atoms with Gasteiger partial charge in [0.15, 0.2) is 4.77 Å². The number of fused-ring (bicyclic) bond motifs is 1. The van der Waals surface area contributed by atoms with Crippen LogP contribution in [-0.2, 0) is 0 Å². The van der Waals surface area contributed by atoms with Crippen molar-refractivity contribution < 1.29 is 4.39 Å². The van der Waals surface area contributed by atoms with E-state index in [-0.39, 0.29) is 5.82 Å². The zero-order valence-corrected chi connectivity index (χ0v) is 14.4. The number of aromatic nitrogens is 2. The van der Waals surface area contributed by atoms with Gasteiger partial charge in [-0.05, 0) is 71.0 Å². The van der Waals surface area contributed by atoms with Crippen LogP contribution in [0.15, 0.2) is 39.3 Å². The van der Waals surface area contributed by atoms with E-state index in [0.29, 0.717) is 9.24 Å². The number of hydrogen-bond acceptors (Lipinski definition) is 1. The molecule has 0 fully saturated rings. The van der Waals surface area contributed by atoms with Gasteiger partial charge in [0.05, 0.1) is 21.2 Å². The molecular formula is C14H9Br2FN2S. The summed E-state index contributed by atoms with van der Waals surface area (Å²) in [5.74, 6) is -0.308. The number of aryl methyl sites for hydroxylation is 1. The van der Waals surface area contributed by atoms with E-state index in [9.17, 15) is 4.39 Å². The summed E-state index contributed by atoms with van der Waals surface area (Å²) in [6, 6.07) is 9.08. The molecule has 0 saturated heterocycles. The molecule has 2 aromatic carbocycles. The Morgan fingerprint density at radius 1 is 1.20 bits per heavy atom. The summed E-state index contributed by atoms with van der Waals surface area (Å²) in [7, 11) is 0. The predicted molar refractivity (Wildman–Crippen MR) is 88.6 cm³/mol. The van der Waals surface area contributed by atoms with Crippen molar-refractivity contribution in [3.8, 4) is 5.69 Å². The van der Waals surface area contributed by atoms with Gasteiger partial charge in [0.25, 0.3) is 0 Å². The summed E-state index contributed by atoms with van der Waals surface area (Å²) in [5.41, 5.74) is 3.51. The highest BCUT2D eigenvalue weighted by Crippen LogP contribution is 2.28. The van der Waals surface area contributed by atoms with Crippen LogP contribution in [0.3, 0.4) is 0 Å². The Morgan fingerprint density at radius 2 is 1.95 bits per heavy atom. The number of hydrogen-bond donors (Lipinski definition) is 1. The maximum atomic E-state index is 13.8. The molecule has 0 spiro atoms. The molecule has 0 amide bonds. The molecule has 1 heterocycles. The molecule has 2 nitrogen and oxygen atoms in total. The molecule has 0 atom stereocenters. The molecular weight excluding hydrogens is 407 g/mol. The van der Waals surface area contributed by atoms with Crippen LogP contribution in [0.5, 0.6) is 0 Å². The normalized spacial score (nSPS) is 11.2. The third-order valence-electron chi connectivity index (χ3n) is 3.13. The lowest BCUT2D eigenvalue weighted by Gasteiger charge is -2.10. The number of halogens is 3. The number of benzene rings is 2. The molecule has 0 aliphatic rings. The second kappa shape index (κ2) is 5.09. The summed E-state index contributed by atoms with van der Waals surface area (Å²) in [5, 5.41) is 0. The molecule has 0 aliphatic heterocycles. The Bertz CT molecular complexity index is 883. The van der Waals surface area contributed by atoms with Gasteiger partial charge in [-0.15, -0.1) is 0 Å². The van der Waals surface area contributed by atoms with E-state index in [0.717, 1.165) is 26.8 Å². The number of nitrogens with zero attached hydrogens (tertiary/aromatic N) is 1. The third kappa shape index (κ3) is 2.25. The van der Waals surface area contributed by atoms with E-state index >= 15 is 0 Å². The quantitative estimate of drug-likeness (QED) is 0.508. The van der Waals surface area contributed by atoms with Gasteiger partial charge in [-0.25, -0.2) is 4.39 Å². The van der Waals surface area contributed by atoms with Crippen molar-refractivity contribution in [1.82, 2.24) is 9.55 Å². The van der Waals surface area contributed by atoms with E-state index in [1.807, 2.05) is 29.7 Å². The smallest absolute Gasteiger partial charge is 0.182 e. The molecule has 0 bridgehead atoms. The second-order valence-electron chi connectivity index (χ2n) is 4.48. The summed E-state index contributed by atoms with van der Waals surface area (Å²) in [4.78, 5) is 3.14. The predicted octanol–water partition coefficient (Wildman–Crippen LogP) is 5.66. The van der Waals surface area contributed by atoms with Crippen molar-refractivity contribution in [1.29, 1.82) is 0 Å². The molecule has 20 heavy (non-hydrogen) atoms. The standard InChI is InChI=1S/C14H9Br2FN2S/c1-7-4-9(16)10(17)6-12(7)19-13-5-8(15)2-3-11(13)18-14(19)20/h2-6H,1H3,(H,18,20). The molecule has 1 aromatic heterocycles. The van der Waals surface area contributed by atoms with E-state index in [2.05, 4.69) is 36.8 Å². The molecule has 0 radical (unpaired) electrons. The fraction of sp³-hybridized carbons (Fsp3) is 0.0714. The first-order valence-electron chi connectivity index (χ1n) is 5.83. The topological polar surface area (TPSA) is 20.7 Å². The lowest BCUT2D eigenvalue weighted by Crippen LogP contribution is -1.98. The first-order valence-corrected chi connectivity index (χ1v) is 7.83. The van der Waals surface area contributed by atoms with Crippen LogP contribution in [0.4, 0.5) is 4.39 Å². The number of nitrogens with one attached hydrogen (secondary N) is 1. The van der Waals surface area contributed by atoms with Gasteiger partial charge >= 0.3 is 0 Å². The molecule has 0 unspecified atom stereocenters. The zero-order chi connectivity index (χ0) is 14.4. The average Bonchev–Trinajstić information content (AvgIpc) is 2.69. The van der Waals surface area contributed by atoms with E-state index in [4.69, 9.17) is 12.2 Å². The van der Waals surface area contributed by atoms with Gasteiger partial charge in [-0.1, -0.05) is 15.9 Å². The van der Waals surface area contributed by atoms with Crippen molar-refractivity contribution in [3.05, 3.63) is 55.4 Å². The fourth-order valence-corrected chi connectivity index (χ4v) is 3.31. The minimum Gasteiger partial charge on any atom is -0.330 e. The summed E-state index contributed by atoms with van der Waals surface area (Å²) in [6.07, 6.45) is 0.